The molecule has 1 unspecified atom stereocenters. The summed E-state index contributed by atoms with van der Waals surface area (Å²) in [7, 11) is -3.59. The van der Waals surface area contributed by atoms with E-state index in [1.54, 1.807) is 42.9 Å². The molecule has 3 atom stereocenters. The molecular formula is C15H19N3O3S. The molecule has 1 aliphatic carbocycles. The summed E-state index contributed by atoms with van der Waals surface area (Å²) in [5.74, 6) is 0.229. The van der Waals surface area contributed by atoms with E-state index in [0.29, 0.717) is 12.8 Å². The number of aliphatic hydroxyl groups is 1. The Hall–Kier alpha value is -1.70. The Morgan fingerprint density at radius 2 is 2.05 bits per heavy atom. The first-order chi connectivity index (χ1) is 10.5. The molecule has 6 nitrogen and oxygen atoms in total. The topological polar surface area (TPSA) is 84.2 Å². The van der Waals surface area contributed by atoms with Crippen LogP contribution in [0.25, 0.3) is 0 Å². The Labute approximate surface area is 129 Å². The van der Waals surface area contributed by atoms with Gasteiger partial charge in [-0.15, -0.1) is 0 Å². The molecule has 2 aromatic rings. The van der Waals surface area contributed by atoms with Crippen molar-refractivity contribution in [2.75, 3.05) is 0 Å². The van der Waals surface area contributed by atoms with Gasteiger partial charge in [-0.1, -0.05) is 18.2 Å². The van der Waals surface area contributed by atoms with Crippen LogP contribution >= 0.6 is 0 Å². The third-order valence-electron chi connectivity index (χ3n) is 4.01. The largest absolute Gasteiger partial charge is 0.391 e. The smallest absolute Gasteiger partial charge is 0.240 e. The molecule has 3 rings (SSSR count). The highest BCUT2D eigenvalue weighted by atomic mass is 32.2. The van der Waals surface area contributed by atoms with E-state index in [-0.39, 0.29) is 10.8 Å². The number of hydrogen-bond donors (Lipinski definition) is 2. The van der Waals surface area contributed by atoms with Gasteiger partial charge in [-0.2, -0.15) is 0 Å². The maximum absolute atomic E-state index is 12.3. The predicted octanol–water partition coefficient (Wildman–Crippen LogP) is 1.00. The van der Waals surface area contributed by atoms with Crippen LogP contribution in [0.1, 0.15) is 12.8 Å². The van der Waals surface area contributed by atoms with Crippen molar-refractivity contribution >= 4 is 10.0 Å². The van der Waals surface area contributed by atoms with Crippen LogP contribution < -0.4 is 4.72 Å². The van der Waals surface area contributed by atoms with Crippen molar-refractivity contribution in [2.24, 2.45) is 5.92 Å². The van der Waals surface area contributed by atoms with Crippen LogP contribution in [0.2, 0.25) is 0 Å². The minimum atomic E-state index is -3.59. The number of aromatic nitrogens is 2. The van der Waals surface area contributed by atoms with Crippen LogP contribution in [0.5, 0.6) is 0 Å². The maximum atomic E-state index is 12.3. The van der Waals surface area contributed by atoms with Crippen LogP contribution in [0.4, 0.5) is 0 Å². The fraction of sp³-hybridized carbons (Fsp3) is 0.400. The number of sulfonamides is 1. The molecular weight excluding hydrogens is 302 g/mol. The molecule has 1 fully saturated rings. The average molecular weight is 321 g/mol. The van der Waals surface area contributed by atoms with Crippen molar-refractivity contribution in [1.82, 2.24) is 14.3 Å². The molecule has 2 N–H and O–H groups in total. The SMILES string of the molecule is O=S(=O)(N[C@@H]1CC(Cn2ccnc2)C[C@H]1O)c1ccccc1. The highest BCUT2D eigenvalue weighted by molar-refractivity contribution is 7.89. The predicted molar refractivity (Wildman–Crippen MR) is 81.5 cm³/mol. The summed E-state index contributed by atoms with van der Waals surface area (Å²) >= 11 is 0. The van der Waals surface area contributed by atoms with E-state index in [1.165, 1.54) is 0 Å². The number of hydrogen-bond acceptors (Lipinski definition) is 4. The Kier molecular flexibility index (Phi) is 4.28. The van der Waals surface area contributed by atoms with Gasteiger partial charge in [-0.05, 0) is 30.9 Å². The summed E-state index contributed by atoms with van der Waals surface area (Å²) in [6.07, 6.45) is 5.85. The summed E-state index contributed by atoms with van der Waals surface area (Å²) in [5.41, 5.74) is 0. The van der Waals surface area contributed by atoms with E-state index in [0.717, 1.165) is 6.54 Å². The number of imidazole rings is 1. The van der Waals surface area contributed by atoms with E-state index in [1.807, 2.05) is 10.8 Å². The quantitative estimate of drug-likeness (QED) is 0.860. The van der Waals surface area contributed by atoms with Crippen molar-refractivity contribution in [3.8, 4) is 0 Å². The molecule has 1 aliphatic rings. The molecule has 1 aromatic carbocycles. The second kappa shape index (κ2) is 6.20. The minimum Gasteiger partial charge on any atom is -0.391 e. The van der Waals surface area contributed by atoms with Gasteiger partial charge in [0, 0.05) is 25.0 Å². The van der Waals surface area contributed by atoms with Gasteiger partial charge in [0.25, 0.3) is 0 Å². The normalized spacial score (nSPS) is 25.4. The zero-order chi connectivity index (χ0) is 15.6. The molecule has 0 radical (unpaired) electrons. The molecule has 1 heterocycles. The van der Waals surface area contributed by atoms with Gasteiger partial charge in [0.2, 0.25) is 10.0 Å². The molecule has 118 valence electrons. The maximum Gasteiger partial charge on any atom is 0.240 e. The first-order valence-corrected chi connectivity index (χ1v) is 8.74. The van der Waals surface area contributed by atoms with Crippen molar-refractivity contribution in [1.29, 1.82) is 0 Å². The highest BCUT2D eigenvalue weighted by Crippen LogP contribution is 2.28. The molecule has 22 heavy (non-hydrogen) atoms. The number of nitrogens with zero attached hydrogens (tertiary/aromatic N) is 2. The Bertz CT molecular complexity index is 701. The van der Waals surface area contributed by atoms with E-state index >= 15 is 0 Å². The Morgan fingerprint density at radius 3 is 2.73 bits per heavy atom. The molecule has 0 aliphatic heterocycles. The van der Waals surface area contributed by atoms with Crippen molar-refractivity contribution in [3.63, 3.8) is 0 Å². The lowest BCUT2D eigenvalue weighted by Crippen LogP contribution is -2.39. The number of nitrogens with one attached hydrogen (secondary N) is 1. The molecule has 1 aromatic heterocycles. The van der Waals surface area contributed by atoms with Gasteiger partial charge in [0.1, 0.15) is 0 Å². The average Bonchev–Trinajstić information content (AvgIpc) is 3.11. The zero-order valence-electron chi connectivity index (χ0n) is 12.0. The van der Waals surface area contributed by atoms with Gasteiger partial charge in [0.15, 0.2) is 0 Å². The molecule has 0 spiro atoms. The van der Waals surface area contributed by atoms with Gasteiger partial charge >= 0.3 is 0 Å². The van der Waals surface area contributed by atoms with E-state index < -0.39 is 22.2 Å². The van der Waals surface area contributed by atoms with Crippen LogP contribution in [-0.2, 0) is 16.6 Å². The van der Waals surface area contributed by atoms with Crippen LogP contribution in [0.15, 0.2) is 53.9 Å². The summed E-state index contributed by atoms with van der Waals surface area (Å²) in [4.78, 5) is 4.21. The minimum absolute atomic E-state index is 0.222. The van der Waals surface area contributed by atoms with Gasteiger partial charge in [-0.25, -0.2) is 18.1 Å². The Morgan fingerprint density at radius 1 is 1.27 bits per heavy atom. The monoisotopic (exact) mass is 321 g/mol. The number of rotatable bonds is 5. The Balaban J connectivity index is 1.66. The lowest BCUT2D eigenvalue weighted by atomic mass is 10.1. The summed E-state index contributed by atoms with van der Waals surface area (Å²) in [6, 6.07) is 7.78. The second-order valence-corrected chi connectivity index (χ2v) is 7.42. The van der Waals surface area contributed by atoms with Crippen LogP contribution in [0, 0.1) is 5.92 Å². The first kappa shape index (κ1) is 15.2. The van der Waals surface area contributed by atoms with Gasteiger partial charge in [-0.3, -0.25) is 0 Å². The third kappa shape index (κ3) is 3.37. The van der Waals surface area contributed by atoms with Crippen LogP contribution in [0.3, 0.4) is 0 Å². The van der Waals surface area contributed by atoms with E-state index in [2.05, 4.69) is 9.71 Å². The second-order valence-electron chi connectivity index (χ2n) is 5.71. The lowest BCUT2D eigenvalue weighted by molar-refractivity contribution is 0.155. The highest BCUT2D eigenvalue weighted by Gasteiger charge is 2.35. The summed E-state index contributed by atoms with van der Waals surface area (Å²) in [5, 5.41) is 10.1. The molecule has 7 heteroatoms. The van der Waals surface area contributed by atoms with Crippen molar-refractivity contribution in [2.45, 2.75) is 36.4 Å². The molecule has 0 amide bonds. The van der Waals surface area contributed by atoms with Crippen molar-refractivity contribution in [3.05, 3.63) is 49.1 Å². The van der Waals surface area contributed by atoms with Crippen LogP contribution in [-0.4, -0.2) is 35.2 Å². The molecule has 0 bridgehead atoms. The number of benzene rings is 1. The lowest BCUT2D eigenvalue weighted by Gasteiger charge is -2.16. The fourth-order valence-corrected chi connectivity index (χ4v) is 4.26. The summed E-state index contributed by atoms with van der Waals surface area (Å²) in [6.45, 7) is 0.737. The number of aliphatic hydroxyl groups excluding tert-OH is 1. The van der Waals surface area contributed by atoms with E-state index in [4.69, 9.17) is 0 Å². The summed E-state index contributed by atoms with van der Waals surface area (Å²) < 4.78 is 29.2. The zero-order valence-corrected chi connectivity index (χ0v) is 12.9. The standard InChI is InChI=1S/C15H19N3O3S/c19-15-9-12(10-18-7-6-16-11-18)8-14(15)17-22(20,21)13-4-2-1-3-5-13/h1-7,11-12,14-15,17,19H,8-10H2/t12?,14-,15-/m1/s1. The van der Waals surface area contributed by atoms with E-state index in [9.17, 15) is 13.5 Å². The third-order valence-corrected chi connectivity index (χ3v) is 5.52. The fourth-order valence-electron chi connectivity index (χ4n) is 2.95. The molecule has 0 saturated heterocycles. The first-order valence-electron chi connectivity index (χ1n) is 7.26. The van der Waals surface area contributed by atoms with Crippen molar-refractivity contribution < 1.29 is 13.5 Å². The van der Waals surface area contributed by atoms with Gasteiger partial charge in [0.05, 0.1) is 17.3 Å². The van der Waals surface area contributed by atoms with Gasteiger partial charge < -0.3 is 9.67 Å². The molecule has 1 saturated carbocycles.